The molecular formula is C16H27NO12. The highest BCUT2D eigenvalue weighted by Crippen LogP contribution is 2.30. The van der Waals surface area contributed by atoms with Crippen LogP contribution in [0.2, 0.25) is 0 Å². The number of carboxylic acid groups (broad SMARTS) is 1. The summed E-state index contributed by atoms with van der Waals surface area (Å²) in [6, 6.07) is -1.10. The molecular weight excluding hydrogens is 398 g/mol. The Hall–Kier alpha value is -1.42. The van der Waals surface area contributed by atoms with E-state index in [0.717, 1.165) is 7.11 Å². The lowest BCUT2D eigenvalue weighted by atomic mass is 9.95. The van der Waals surface area contributed by atoms with E-state index >= 15 is 0 Å². The number of hydrogen-bond acceptors (Lipinski definition) is 11. The largest absolute Gasteiger partial charge is 0.479 e. The van der Waals surface area contributed by atoms with Crippen LogP contribution in [0, 0.1) is 0 Å². The summed E-state index contributed by atoms with van der Waals surface area (Å²) in [7, 11) is 2.41. The SMILES string of the molecule is COC1OC(CO)[C@H](O)C(OC2OC(C(=O)O)[C@@H](OC)C(O)C2O)C1NC(C)=O. The first kappa shape index (κ1) is 23.9. The number of amides is 1. The summed E-state index contributed by atoms with van der Waals surface area (Å²) >= 11 is 0. The van der Waals surface area contributed by atoms with Gasteiger partial charge >= 0.3 is 5.97 Å². The molecule has 0 saturated carbocycles. The second-order valence-electron chi connectivity index (χ2n) is 6.72. The van der Waals surface area contributed by atoms with Gasteiger partial charge in [0.25, 0.3) is 0 Å². The van der Waals surface area contributed by atoms with E-state index in [4.69, 9.17) is 23.7 Å². The number of carboxylic acids is 1. The Morgan fingerprint density at radius 1 is 0.966 bits per heavy atom. The Kier molecular flexibility index (Phi) is 8.28. The highest BCUT2D eigenvalue weighted by molar-refractivity contribution is 5.73. The minimum absolute atomic E-state index is 0.517. The van der Waals surface area contributed by atoms with Gasteiger partial charge in [-0.25, -0.2) is 4.79 Å². The number of nitrogens with one attached hydrogen (secondary N) is 1. The van der Waals surface area contributed by atoms with Crippen LogP contribution < -0.4 is 5.32 Å². The van der Waals surface area contributed by atoms with Crippen molar-refractivity contribution in [3.63, 3.8) is 0 Å². The smallest absolute Gasteiger partial charge is 0.335 e. The zero-order valence-corrected chi connectivity index (χ0v) is 16.1. The summed E-state index contributed by atoms with van der Waals surface area (Å²) in [5.74, 6) is -1.98. The molecule has 0 aromatic carbocycles. The van der Waals surface area contributed by atoms with Gasteiger partial charge in [0.2, 0.25) is 5.91 Å². The molecule has 2 rings (SSSR count). The highest BCUT2D eigenvalue weighted by atomic mass is 16.7. The molecule has 6 N–H and O–H groups in total. The number of aliphatic carboxylic acids is 1. The molecule has 1 amide bonds. The Labute approximate surface area is 166 Å². The van der Waals surface area contributed by atoms with Gasteiger partial charge in [0, 0.05) is 21.1 Å². The Balaban J connectivity index is 2.30. The van der Waals surface area contributed by atoms with Crippen molar-refractivity contribution in [3.05, 3.63) is 0 Å². The van der Waals surface area contributed by atoms with E-state index < -0.39 is 79.8 Å². The van der Waals surface area contributed by atoms with E-state index in [2.05, 4.69) is 5.32 Å². The number of hydrogen-bond donors (Lipinski definition) is 6. The van der Waals surface area contributed by atoms with Gasteiger partial charge in [-0.2, -0.15) is 0 Å². The lowest BCUT2D eigenvalue weighted by Gasteiger charge is -2.47. The number of aliphatic hydroxyl groups is 4. The van der Waals surface area contributed by atoms with Gasteiger partial charge in [-0.3, -0.25) is 4.79 Å². The normalized spacial score (nSPS) is 43.0. The predicted octanol–water partition coefficient (Wildman–Crippen LogP) is -3.85. The van der Waals surface area contributed by atoms with E-state index in [9.17, 15) is 35.1 Å². The van der Waals surface area contributed by atoms with Gasteiger partial charge < -0.3 is 54.5 Å². The first-order valence-electron chi connectivity index (χ1n) is 8.83. The van der Waals surface area contributed by atoms with Gasteiger partial charge in [0.1, 0.15) is 42.7 Å². The van der Waals surface area contributed by atoms with Crippen LogP contribution in [0.4, 0.5) is 0 Å². The van der Waals surface area contributed by atoms with Crippen LogP contribution in [-0.4, -0.2) is 120 Å². The summed E-state index contributed by atoms with van der Waals surface area (Å²) in [6.07, 6.45) is -13.3. The van der Waals surface area contributed by atoms with E-state index in [-0.39, 0.29) is 0 Å². The van der Waals surface area contributed by atoms with Gasteiger partial charge in [0.15, 0.2) is 18.7 Å². The number of rotatable bonds is 7. The topological polar surface area (TPSA) is 193 Å². The molecule has 168 valence electrons. The fourth-order valence-electron chi connectivity index (χ4n) is 3.39. The van der Waals surface area contributed by atoms with Gasteiger partial charge in [-0.15, -0.1) is 0 Å². The molecule has 13 nitrogen and oxygen atoms in total. The third-order valence-corrected chi connectivity index (χ3v) is 4.81. The lowest BCUT2D eigenvalue weighted by Crippen LogP contribution is -2.68. The lowest BCUT2D eigenvalue weighted by molar-refractivity contribution is -0.339. The van der Waals surface area contributed by atoms with Gasteiger partial charge in [0.05, 0.1) is 6.61 Å². The standard InChI is InChI=1S/C16H27NO12/c1-5(19)17-7-11(8(20)6(4-18)27-15(7)26-3)28-16-10(22)9(21)12(25-2)13(29-16)14(23)24/h6-13,15-16,18,20-22H,4H2,1-3H3,(H,17,19)(H,23,24)/t6?,7?,8-,9?,10?,11?,12-,13?,15?,16?/m0/s1. The molecule has 13 heteroatoms. The van der Waals surface area contributed by atoms with Crippen LogP contribution in [0.5, 0.6) is 0 Å². The maximum atomic E-state index is 11.6. The van der Waals surface area contributed by atoms with E-state index in [1.54, 1.807) is 0 Å². The van der Waals surface area contributed by atoms with Gasteiger partial charge in [-0.05, 0) is 0 Å². The molecule has 29 heavy (non-hydrogen) atoms. The summed E-state index contributed by atoms with van der Waals surface area (Å²) < 4.78 is 26.3. The third-order valence-electron chi connectivity index (χ3n) is 4.81. The van der Waals surface area contributed by atoms with Crippen LogP contribution in [0.1, 0.15) is 6.92 Å². The average molecular weight is 425 g/mol. The third kappa shape index (κ3) is 5.02. The monoisotopic (exact) mass is 425 g/mol. The maximum Gasteiger partial charge on any atom is 0.335 e. The quantitative estimate of drug-likeness (QED) is 0.233. The molecule has 0 aliphatic carbocycles. The molecule has 0 aromatic heterocycles. The zero-order chi connectivity index (χ0) is 21.9. The molecule has 10 atom stereocenters. The van der Waals surface area contributed by atoms with Crippen LogP contribution in [0.15, 0.2) is 0 Å². The van der Waals surface area contributed by atoms with Crippen molar-refractivity contribution in [2.24, 2.45) is 0 Å². The molecule has 0 bridgehead atoms. The zero-order valence-electron chi connectivity index (χ0n) is 16.1. The molecule has 2 saturated heterocycles. The Morgan fingerprint density at radius 2 is 1.62 bits per heavy atom. The van der Waals surface area contributed by atoms with Crippen molar-refractivity contribution < 1.29 is 58.8 Å². The second-order valence-corrected chi connectivity index (χ2v) is 6.72. The van der Waals surface area contributed by atoms with Gasteiger partial charge in [-0.1, -0.05) is 0 Å². The highest BCUT2D eigenvalue weighted by Gasteiger charge is 2.53. The average Bonchev–Trinajstić information content (AvgIpc) is 2.67. The molecule has 2 aliphatic heterocycles. The molecule has 8 unspecified atom stereocenters. The van der Waals surface area contributed by atoms with Crippen molar-refractivity contribution in [2.45, 2.75) is 68.3 Å². The molecule has 2 fully saturated rings. The summed E-state index contributed by atoms with van der Waals surface area (Å²) in [5.41, 5.74) is 0. The number of carbonyl (C=O) groups excluding carboxylic acids is 1. The molecule has 2 aliphatic rings. The Bertz CT molecular complexity index is 576. The molecule has 2 heterocycles. The van der Waals surface area contributed by atoms with E-state index in [1.807, 2.05) is 0 Å². The molecule has 0 aromatic rings. The minimum Gasteiger partial charge on any atom is -0.479 e. The summed E-state index contributed by atoms with van der Waals surface area (Å²) in [4.78, 5) is 23.0. The first-order chi connectivity index (χ1) is 13.7. The summed E-state index contributed by atoms with van der Waals surface area (Å²) in [5, 5.41) is 52.3. The molecule has 0 spiro atoms. The van der Waals surface area contributed by atoms with E-state index in [1.165, 1.54) is 14.0 Å². The van der Waals surface area contributed by atoms with Crippen LogP contribution in [0.3, 0.4) is 0 Å². The maximum absolute atomic E-state index is 11.6. The second kappa shape index (κ2) is 10.1. The van der Waals surface area contributed by atoms with Crippen molar-refractivity contribution >= 4 is 11.9 Å². The summed E-state index contributed by atoms with van der Waals surface area (Å²) in [6.45, 7) is 0.585. The first-order valence-corrected chi connectivity index (χ1v) is 8.83. The fraction of sp³-hybridized carbons (Fsp3) is 0.875. The van der Waals surface area contributed by atoms with Crippen LogP contribution >= 0.6 is 0 Å². The van der Waals surface area contributed by atoms with Crippen molar-refractivity contribution in [3.8, 4) is 0 Å². The number of carbonyl (C=O) groups is 2. The van der Waals surface area contributed by atoms with E-state index in [0.29, 0.717) is 0 Å². The minimum atomic E-state index is -1.74. The fourth-order valence-corrected chi connectivity index (χ4v) is 3.39. The number of ether oxygens (including phenoxy) is 5. The van der Waals surface area contributed by atoms with Crippen LogP contribution in [0.25, 0.3) is 0 Å². The van der Waals surface area contributed by atoms with Crippen molar-refractivity contribution in [2.75, 3.05) is 20.8 Å². The number of aliphatic hydroxyl groups excluding tert-OH is 4. The number of methoxy groups -OCH3 is 2. The Morgan fingerprint density at radius 3 is 2.10 bits per heavy atom. The predicted molar refractivity (Wildman–Crippen MR) is 90.3 cm³/mol. The van der Waals surface area contributed by atoms with Crippen molar-refractivity contribution in [1.82, 2.24) is 5.32 Å². The van der Waals surface area contributed by atoms with Crippen molar-refractivity contribution in [1.29, 1.82) is 0 Å². The van der Waals surface area contributed by atoms with Crippen LogP contribution in [-0.2, 0) is 33.3 Å². The molecule has 0 radical (unpaired) electrons.